The summed E-state index contributed by atoms with van der Waals surface area (Å²) >= 11 is 6.92. The molecule has 1 saturated carbocycles. The van der Waals surface area contributed by atoms with Crippen molar-refractivity contribution in [2.24, 2.45) is 5.92 Å². The van der Waals surface area contributed by atoms with E-state index in [1.807, 2.05) is 0 Å². The molecule has 0 bridgehead atoms. The number of rotatable bonds is 5. The summed E-state index contributed by atoms with van der Waals surface area (Å²) in [5, 5.41) is 3.68. The Morgan fingerprint density at radius 2 is 2.31 bits per heavy atom. The second-order valence-corrected chi connectivity index (χ2v) is 4.30. The Morgan fingerprint density at radius 1 is 1.46 bits per heavy atom. The second kappa shape index (κ2) is 4.24. The topological polar surface area (TPSA) is 37.8 Å². The molecule has 1 N–H and O–H groups in total. The van der Waals surface area contributed by atoms with Gasteiger partial charge in [-0.2, -0.15) is 8.75 Å². The first-order valence-electron chi connectivity index (χ1n) is 4.58. The van der Waals surface area contributed by atoms with Crippen LogP contribution in [-0.4, -0.2) is 15.3 Å². The van der Waals surface area contributed by atoms with Gasteiger partial charge in [-0.3, -0.25) is 0 Å². The van der Waals surface area contributed by atoms with Crippen LogP contribution in [-0.2, 0) is 0 Å². The molecule has 1 aliphatic rings. The van der Waals surface area contributed by atoms with E-state index < -0.39 is 0 Å². The molecule has 0 radical (unpaired) electrons. The van der Waals surface area contributed by atoms with Gasteiger partial charge in [0, 0.05) is 6.54 Å². The van der Waals surface area contributed by atoms with Gasteiger partial charge in [-0.15, -0.1) is 0 Å². The number of nitrogens with zero attached hydrogens (tertiary/aromatic N) is 2. The summed E-state index contributed by atoms with van der Waals surface area (Å²) in [4.78, 5) is 0. The summed E-state index contributed by atoms with van der Waals surface area (Å²) in [6, 6.07) is 0. The third kappa shape index (κ3) is 2.81. The van der Waals surface area contributed by atoms with Crippen LogP contribution in [0.15, 0.2) is 0 Å². The zero-order valence-corrected chi connectivity index (χ0v) is 8.87. The smallest absolute Gasteiger partial charge is 0.186 e. The van der Waals surface area contributed by atoms with E-state index in [9.17, 15) is 0 Å². The van der Waals surface area contributed by atoms with Crippen molar-refractivity contribution in [1.29, 1.82) is 0 Å². The molecule has 0 aliphatic heterocycles. The number of aromatic nitrogens is 2. The van der Waals surface area contributed by atoms with Gasteiger partial charge in [-0.05, 0) is 18.8 Å². The SMILES string of the molecule is Clc1nsnc1NCCCC1CC1. The van der Waals surface area contributed by atoms with Gasteiger partial charge < -0.3 is 5.32 Å². The number of anilines is 1. The third-order valence-electron chi connectivity index (χ3n) is 2.23. The minimum absolute atomic E-state index is 0.497. The van der Waals surface area contributed by atoms with E-state index in [0.29, 0.717) is 5.15 Å². The van der Waals surface area contributed by atoms with Crippen LogP contribution in [0.3, 0.4) is 0 Å². The Morgan fingerprint density at radius 3 is 2.92 bits per heavy atom. The maximum Gasteiger partial charge on any atom is 0.186 e. The van der Waals surface area contributed by atoms with Crippen molar-refractivity contribution >= 4 is 29.1 Å². The van der Waals surface area contributed by atoms with Gasteiger partial charge in [0.25, 0.3) is 0 Å². The quantitative estimate of drug-likeness (QED) is 0.771. The number of hydrogen-bond acceptors (Lipinski definition) is 4. The Balaban J connectivity index is 1.64. The first-order chi connectivity index (χ1) is 6.36. The number of halogens is 1. The fourth-order valence-corrected chi connectivity index (χ4v) is 1.97. The van der Waals surface area contributed by atoms with Gasteiger partial charge in [0.2, 0.25) is 0 Å². The first-order valence-corrected chi connectivity index (χ1v) is 5.69. The van der Waals surface area contributed by atoms with E-state index in [-0.39, 0.29) is 0 Å². The predicted molar refractivity (Wildman–Crippen MR) is 55.4 cm³/mol. The lowest BCUT2D eigenvalue weighted by molar-refractivity contribution is 0.687. The van der Waals surface area contributed by atoms with Gasteiger partial charge in [0.15, 0.2) is 11.0 Å². The lowest BCUT2D eigenvalue weighted by Crippen LogP contribution is -2.02. The second-order valence-electron chi connectivity index (χ2n) is 3.42. The lowest BCUT2D eigenvalue weighted by Gasteiger charge is -2.01. The molecule has 72 valence electrons. The van der Waals surface area contributed by atoms with Gasteiger partial charge in [-0.25, -0.2) is 0 Å². The standard InChI is InChI=1S/C8H12ClN3S/c9-7-8(12-13-11-7)10-5-1-2-6-3-4-6/h6H,1-5H2,(H,10,12). The fraction of sp³-hybridized carbons (Fsp3) is 0.750. The van der Waals surface area contributed by atoms with Crippen molar-refractivity contribution in [2.75, 3.05) is 11.9 Å². The van der Waals surface area contributed by atoms with Crippen LogP contribution in [0.4, 0.5) is 5.82 Å². The van der Waals surface area contributed by atoms with Crippen molar-refractivity contribution in [1.82, 2.24) is 8.75 Å². The third-order valence-corrected chi connectivity index (χ3v) is 3.12. The summed E-state index contributed by atoms with van der Waals surface area (Å²) in [5.41, 5.74) is 0. The maximum atomic E-state index is 5.77. The molecule has 3 nitrogen and oxygen atoms in total. The van der Waals surface area contributed by atoms with Crippen molar-refractivity contribution in [3.05, 3.63) is 5.15 Å². The molecular weight excluding hydrogens is 206 g/mol. The maximum absolute atomic E-state index is 5.77. The van der Waals surface area contributed by atoms with Gasteiger partial charge >= 0.3 is 0 Å². The highest BCUT2D eigenvalue weighted by Crippen LogP contribution is 2.33. The molecular formula is C8H12ClN3S. The Bertz CT molecular complexity index is 272. The summed E-state index contributed by atoms with van der Waals surface area (Å²) < 4.78 is 7.91. The molecule has 1 aromatic rings. The highest BCUT2D eigenvalue weighted by atomic mass is 35.5. The molecule has 13 heavy (non-hydrogen) atoms. The Hall–Kier alpha value is -0.350. The summed E-state index contributed by atoms with van der Waals surface area (Å²) in [5.74, 6) is 1.74. The highest BCUT2D eigenvalue weighted by Gasteiger charge is 2.20. The molecule has 1 aliphatic carbocycles. The molecule has 1 aromatic heterocycles. The average molecular weight is 218 g/mol. The van der Waals surface area contributed by atoms with E-state index in [1.165, 1.54) is 25.7 Å². The predicted octanol–water partition coefficient (Wildman–Crippen LogP) is 2.79. The van der Waals surface area contributed by atoms with Crippen molar-refractivity contribution in [3.63, 3.8) is 0 Å². The summed E-state index contributed by atoms with van der Waals surface area (Å²) in [7, 11) is 0. The summed E-state index contributed by atoms with van der Waals surface area (Å²) in [6.07, 6.45) is 5.40. The Kier molecular flexibility index (Phi) is 3.01. The van der Waals surface area contributed by atoms with Gasteiger partial charge in [0.05, 0.1) is 11.7 Å². The fourth-order valence-electron chi connectivity index (χ4n) is 1.29. The minimum Gasteiger partial charge on any atom is -0.367 e. The monoisotopic (exact) mass is 217 g/mol. The molecule has 1 fully saturated rings. The largest absolute Gasteiger partial charge is 0.367 e. The first kappa shape index (κ1) is 9.21. The zero-order chi connectivity index (χ0) is 9.10. The minimum atomic E-state index is 0.497. The molecule has 0 spiro atoms. The normalized spacial score (nSPS) is 16.1. The van der Waals surface area contributed by atoms with Gasteiger partial charge in [-0.1, -0.05) is 24.4 Å². The van der Waals surface area contributed by atoms with Crippen LogP contribution in [0.1, 0.15) is 25.7 Å². The van der Waals surface area contributed by atoms with Crippen LogP contribution >= 0.6 is 23.3 Å². The highest BCUT2D eigenvalue weighted by molar-refractivity contribution is 6.99. The zero-order valence-electron chi connectivity index (χ0n) is 7.29. The van der Waals surface area contributed by atoms with E-state index in [2.05, 4.69) is 14.1 Å². The van der Waals surface area contributed by atoms with E-state index in [1.54, 1.807) is 0 Å². The number of hydrogen-bond donors (Lipinski definition) is 1. The molecule has 2 rings (SSSR count). The van der Waals surface area contributed by atoms with Crippen LogP contribution in [0, 0.1) is 5.92 Å². The van der Waals surface area contributed by atoms with E-state index >= 15 is 0 Å². The van der Waals surface area contributed by atoms with Gasteiger partial charge in [0.1, 0.15) is 0 Å². The molecule has 0 saturated heterocycles. The molecule has 0 atom stereocenters. The lowest BCUT2D eigenvalue weighted by atomic mass is 10.2. The molecule has 5 heteroatoms. The molecule has 0 unspecified atom stereocenters. The van der Waals surface area contributed by atoms with Crippen molar-refractivity contribution < 1.29 is 0 Å². The molecule has 0 amide bonds. The van der Waals surface area contributed by atoms with E-state index in [0.717, 1.165) is 30.0 Å². The van der Waals surface area contributed by atoms with Crippen LogP contribution in [0.25, 0.3) is 0 Å². The van der Waals surface area contributed by atoms with Crippen LogP contribution in [0.5, 0.6) is 0 Å². The van der Waals surface area contributed by atoms with Crippen LogP contribution < -0.4 is 5.32 Å². The van der Waals surface area contributed by atoms with E-state index in [4.69, 9.17) is 11.6 Å². The van der Waals surface area contributed by atoms with Crippen molar-refractivity contribution in [2.45, 2.75) is 25.7 Å². The summed E-state index contributed by atoms with van der Waals surface area (Å²) in [6.45, 7) is 0.960. The average Bonchev–Trinajstić information content (AvgIpc) is 2.86. The molecule has 1 heterocycles. The molecule has 0 aromatic carbocycles. The Labute approximate surface area is 86.8 Å². The van der Waals surface area contributed by atoms with Crippen LogP contribution in [0.2, 0.25) is 5.15 Å². The van der Waals surface area contributed by atoms with Crippen molar-refractivity contribution in [3.8, 4) is 0 Å². The number of nitrogens with one attached hydrogen (secondary N) is 1.